The summed E-state index contributed by atoms with van der Waals surface area (Å²) in [6.07, 6.45) is 14.5. The molecule has 5 nitrogen and oxygen atoms in total. The zero-order chi connectivity index (χ0) is 49.5. The van der Waals surface area contributed by atoms with E-state index in [-0.39, 0.29) is 0 Å². The van der Waals surface area contributed by atoms with Crippen LogP contribution in [-0.4, -0.2) is 18.3 Å². The number of rotatable bonds is 15. The van der Waals surface area contributed by atoms with E-state index < -0.39 is 0 Å². The third-order valence-electron chi connectivity index (χ3n) is 14.4. The molecule has 2 aliphatic rings. The number of nitrogens with zero attached hydrogens (tertiary/aromatic N) is 5. The molecule has 0 bridgehead atoms. The Morgan fingerprint density at radius 2 is 0.662 bits per heavy atom. The van der Waals surface area contributed by atoms with Crippen molar-refractivity contribution in [2.75, 3.05) is 32.9 Å². The van der Waals surface area contributed by atoms with Crippen molar-refractivity contribution in [1.82, 2.24) is 4.98 Å². The molecule has 12 rings (SSSR count). The summed E-state index contributed by atoms with van der Waals surface area (Å²) in [6, 6.07) is 87.9. The first-order chi connectivity index (χ1) is 36.6. The molecule has 0 N–H and O–H groups in total. The van der Waals surface area contributed by atoms with Gasteiger partial charge in [-0.2, -0.15) is 0 Å². The predicted molar refractivity (Wildman–Crippen MR) is 310 cm³/mol. The Hall–Kier alpha value is -9.19. The fourth-order valence-electron chi connectivity index (χ4n) is 10.3. The minimum absolute atomic E-state index is 0.799. The highest BCUT2D eigenvalue weighted by Gasteiger charge is 2.18. The molecule has 1 aromatic heterocycles. The first-order valence-corrected chi connectivity index (χ1v) is 25.8. The van der Waals surface area contributed by atoms with Gasteiger partial charge in [-0.1, -0.05) is 182 Å². The van der Waals surface area contributed by atoms with E-state index in [4.69, 9.17) is 4.98 Å². The van der Waals surface area contributed by atoms with Gasteiger partial charge in [0.05, 0.1) is 19.0 Å². The fraction of sp³-hybridized carbons (Fsp3) is 0.0870. The molecule has 0 radical (unpaired) electrons. The number of benzene rings is 9. The Morgan fingerprint density at radius 1 is 0.270 bits per heavy atom. The van der Waals surface area contributed by atoms with Gasteiger partial charge in [0.2, 0.25) is 0 Å². The zero-order valence-corrected chi connectivity index (χ0v) is 41.5. The van der Waals surface area contributed by atoms with E-state index in [0.29, 0.717) is 0 Å². The normalized spacial score (nSPS) is 13.0. The number of aromatic nitrogens is 1. The van der Waals surface area contributed by atoms with Crippen molar-refractivity contribution in [2.24, 2.45) is 0 Å². The van der Waals surface area contributed by atoms with E-state index in [1.54, 1.807) is 0 Å². The van der Waals surface area contributed by atoms with Gasteiger partial charge in [-0.3, -0.25) is 4.98 Å². The second-order valence-corrected chi connectivity index (χ2v) is 19.3. The van der Waals surface area contributed by atoms with Crippen molar-refractivity contribution in [3.8, 4) is 55.8 Å². The zero-order valence-electron chi connectivity index (χ0n) is 41.5. The van der Waals surface area contributed by atoms with Gasteiger partial charge >= 0.3 is 0 Å². The van der Waals surface area contributed by atoms with Crippen LogP contribution in [0, 0.1) is 0 Å². The maximum Gasteiger partial charge on any atom is 0.0989 e. The lowest BCUT2D eigenvalue weighted by molar-refractivity contribution is 0.928. The molecular formula is C69H57N5. The molecule has 0 amide bonds. The third-order valence-corrected chi connectivity index (χ3v) is 14.4. The van der Waals surface area contributed by atoms with Crippen LogP contribution in [0.4, 0.5) is 22.7 Å². The van der Waals surface area contributed by atoms with Crippen LogP contribution in [0.3, 0.4) is 0 Å². The van der Waals surface area contributed by atoms with E-state index in [1.807, 2.05) is 6.20 Å². The molecule has 0 aliphatic carbocycles. The molecule has 9 aromatic carbocycles. The number of pyridine rings is 1. The van der Waals surface area contributed by atoms with Crippen LogP contribution in [0.2, 0.25) is 0 Å². The molecule has 0 saturated heterocycles. The van der Waals surface area contributed by atoms with Crippen LogP contribution < -0.4 is 19.6 Å². The van der Waals surface area contributed by atoms with Gasteiger partial charge in [0.1, 0.15) is 0 Å². The van der Waals surface area contributed by atoms with Gasteiger partial charge in [-0.15, -0.1) is 0 Å². The summed E-state index contributed by atoms with van der Waals surface area (Å²) in [7, 11) is 0. The second-order valence-electron chi connectivity index (χ2n) is 19.3. The molecule has 0 fully saturated rings. The monoisotopic (exact) mass is 955 g/mol. The molecule has 0 spiro atoms. The van der Waals surface area contributed by atoms with Crippen molar-refractivity contribution in [3.05, 3.63) is 296 Å². The maximum absolute atomic E-state index is 5.09. The Bertz CT molecular complexity index is 3410. The molecule has 358 valence electrons. The van der Waals surface area contributed by atoms with E-state index in [2.05, 4.69) is 287 Å². The second kappa shape index (κ2) is 21.3. The van der Waals surface area contributed by atoms with E-state index >= 15 is 0 Å². The molecule has 74 heavy (non-hydrogen) atoms. The minimum atomic E-state index is 0.799. The summed E-state index contributed by atoms with van der Waals surface area (Å²) in [5.41, 5.74) is 21.7. The topological polar surface area (TPSA) is 25.9 Å². The molecule has 2 aliphatic heterocycles. The van der Waals surface area contributed by atoms with Crippen molar-refractivity contribution in [3.63, 3.8) is 0 Å². The Balaban J connectivity index is 0.777. The molecule has 3 heterocycles. The lowest BCUT2D eigenvalue weighted by atomic mass is 9.90. The summed E-state index contributed by atoms with van der Waals surface area (Å²) < 4.78 is 0. The number of anilines is 4. The Morgan fingerprint density at radius 3 is 1.16 bits per heavy atom. The SMILES string of the molecule is C1=CN(c2ccc(CCc3cc(CCc4ccc(N5C=CN(c6ccccc6)C5)cc4)cc(-c4ccccc4-c4ccc(-c5cccc(-c6ccc(-c7ccccc7)cc6)c5)nc4)c3)cc2)CN1c1ccccc1. The van der Waals surface area contributed by atoms with Crippen LogP contribution in [0.5, 0.6) is 0 Å². The smallest absolute Gasteiger partial charge is 0.0989 e. The average molecular weight is 956 g/mol. The van der Waals surface area contributed by atoms with Crippen LogP contribution in [0.15, 0.2) is 274 Å². The first kappa shape index (κ1) is 45.9. The quantitative estimate of drug-likeness (QED) is 0.102. The highest BCUT2D eigenvalue weighted by molar-refractivity contribution is 5.84. The lowest BCUT2D eigenvalue weighted by Gasteiger charge is -2.21. The number of aryl methyl sites for hydroxylation is 4. The predicted octanol–water partition coefficient (Wildman–Crippen LogP) is 16.5. The van der Waals surface area contributed by atoms with E-state index in [9.17, 15) is 0 Å². The van der Waals surface area contributed by atoms with Crippen LogP contribution in [-0.2, 0) is 25.7 Å². The van der Waals surface area contributed by atoms with Crippen LogP contribution in [0.25, 0.3) is 55.8 Å². The Kier molecular flexibility index (Phi) is 13.2. The molecule has 10 aromatic rings. The maximum atomic E-state index is 5.09. The summed E-state index contributed by atoms with van der Waals surface area (Å²) in [6.45, 7) is 1.60. The van der Waals surface area contributed by atoms with Crippen molar-refractivity contribution in [2.45, 2.75) is 25.7 Å². The lowest BCUT2D eigenvalue weighted by Crippen LogP contribution is -2.24. The minimum Gasteiger partial charge on any atom is -0.328 e. The number of para-hydroxylation sites is 2. The number of hydrogen-bond donors (Lipinski definition) is 0. The van der Waals surface area contributed by atoms with Gasteiger partial charge in [0.25, 0.3) is 0 Å². The van der Waals surface area contributed by atoms with Crippen LogP contribution in [0.1, 0.15) is 22.3 Å². The summed E-state index contributed by atoms with van der Waals surface area (Å²) in [5, 5.41) is 0. The fourth-order valence-corrected chi connectivity index (χ4v) is 10.3. The summed E-state index contributed by atoms with van der Waals surface area (Å²) in [5.74, 6) is 0. The van der Waals surface area contributed by atoms with Gasteiger partial charge < -0.3 is 19.6 Å². The highest BCUT2D eigenvalue weighted by atomic mass is 15.3. The van der Waals surface area contributed by atoms with Gasteiger partial charge in [0.15, 0.2) is 0 Å². The number of hydrogen-bond acceptors (Lipinski definition) is 5. The summed E-state index contributed by atoms with van der Waals surface area (Å²) in [4.78, 5) is 14.2. The van der Waals surface area contributed by atoms with Crippen molar-refractivity contribution >= 4 is 22.7 Å². The molecular weight excluding hydrogens is 899 g/mol. The largest absolute Gasteiger partial charge is 0.328 e. The Labute approximate surface area is 435 Å². The first-order valence-electron chi connectivity index (χ1n) is 25.8. The van der Waals surface area contributed by atoms with Gasteiger partial charge in [-0.25, -0.2) is 0 Å². The van der Waals surface area contributed by atoms with Crippen LogP contribution >= 0.6 is 0 Å². The highest BCUT2D eigenvalue weighted by Crippen LogP contribution is 2.36. The van der Waals surface area contributed by atoms with E-state index in [0.717, 1.165) is 55.8 Å². The average Bonchev–Trinajstić information content (AvgIpc) is 4.20. The third kappa shape index (κ3) is 10.4. The molecule has 5 heteroatoms. The molecule has 0 atom stereocenters. The molecule has 0 saturated carbocycles. The summed E-state index contributed by atoms with van der Waals surface area (Å²) >= 11 is 0. The van der Waals surface area contributed by atoms with Crippen molar-refractivity contribution < 1.29 is 0 Å². The molecule has 0 unspecified atom stereocenters. The van der Waals surface area contributed by atoms with Gasteiger partial charge in [-0.05, 0) is 148 Å². The van der Waals surface area contributed by atoms with Crippen molar-refractivity contribution in [1.29, 1.82) is 0 Å². The van der Waals surface area contributed by atoms with E-state index in [1.165, 1.54) is 83.9 Å². The van der Waals surface area contributed by atoms with Gasteiger partial charge in [0, 0.05) is 64.9 Å². The standard InChI is InChI=1S/C69H57N5/c1-4-13-56(14-5-1)57-31-33-58(34-32-57)59-15-12-16-60(48-59)69-40-35-61(49-70-69)67-21-10-11-22-68(67)62-46-54(25-23-52-27-36-65(37-28-52)73-43-41-71(50-73)63-17-6-2-7-18-63)45-55(47-62)26-24-53-29-38-66(39-30-53)74-44-42-72(51-74)64-19-8-3-9-20-64/h1-22,27-49H,23-26,50-51H2.